The molecule has 134 valence electrons. The number of aromatic nitrogens is 1. The number of nitrogens with one attached hydrogen (secondary N) is 2. The lowest BCUT2D eigenvalue weighted by molar-refractivity contribution is -0.120. The van der Waals surface area contributed by atoms with Gasteiger partial charge in [0.15, 0.2) is 0 Å². The monoisotopic (exact) mass is 349 g/mol. The summed E-state index contributed by atoms with van der Waals surface area (Å²) >= 11 is 0. The zero-order valence-electron chi connectivity index (χ0n) is 15.3. The first kappa shape index (κ1) is 17.7. The number of amides is 2. The van der Waals surface area contributed by atoms with Crippen LogP contribution in [0.25, 0.3) is 10.9 Å². The third-order valence-electron chi connectivity index (χ3n) is 4.46. The van der Waals surface area contributed by atoms with E-state index in [0.717, 1.165) is 27.7 Å². The standard InChI is InChI=1S/C21H23N3O2/c1-14-18(17-6-4-5-7-19(17)23-14)12-20(25)22-13-15-8-10-16(11-9-15)21(26)24(2)3/h4-11,23H,12-13H2,1-3H3,(H,22,25). The highest BCUT2D eigenvalue weighted by atomic mass is 16.2. The molecule has 1 heterocycles. The van der Waals surface area contributed by atoms with Crippen molar-refractivity contribution in [1.82, 2.24) is 15.2 Å². The van der Waals surface area contributed by atoms with Gasteiger partial charge >= 0.3 is 0 Å². The summed E-state index contributed by atoms with van der Waals surface area (Å²) in [4.78, 5) is 29.1. The highest BCUT2D eigenvalue weighted by Crippen LogP contribution is 2.22. The third kappa shape index (κ3) is 3.77. The second-order valence-corrected chi connectivity index (χ2v) is 6.62. The van der Waals surface area contributed by atoms with Crippen molar-refractivity contribution >= 4 is 22.7 Å². The molecule has 2 aromatic carbocycles. The van der Waals surface area contributed by atoms with Crippen LogP contribution in [-0.4, -0.2) is 35.8 Å². The molecule has 0 aliphatic carbocycles. The molecule has 0 fully saturated rings. The molecule has 0 saturated heterocycles. The number of hydrogen-bond donors (Lipinski definition) is 2. The third-order valence-corrected chi connectivity index (χ3v) is 4.46. The molecule has 0 unspecified atom stereocenters. The lowest BCUT2D eigenvalue weighted by Gasteiger charge is -2.11. The van der Waals surface area contributed by atoms with Crippen molar-refractivity contribution in [1.29, 1.82) is 0 Å². The van der Waals surface area contributed by atoms with Crippen molar-refractivity contribution in [2.24, 2.45) is 0 Å². The van der Waals surface area contributed by atoms with Gasteiger partial charge < -0.3 is 15.2 Å². The molecule has 2 N–H and O–H groups in total. The number of carbonyl (C=O) groups excluding carboxylic acids is 2. The van der Waals surface area contributed by atoms with Crippen LogP contribution in [0.2, 0.25) is 0 Å². The van der Waals surface area contributed by atoms with E-state index in [0.29, 0.717) is 18.5 Å². The Morgan fingerprint density at radius 2 is 1.73 bits per heavy atom. The Morgan fingerprint density at radius 3 is 2.42 bits per heavy atom. The number of fused-ring (bicyclic) bond motifs is 1. The molecule has 0 spiro atoms. The molecule has 3 aromatic rings. The number of rotatable bonds is 5. The summed E-state index contributed by atoms with van der Waals surface area (Å²) in [6.07, 6.45) is 0.340. The van der Waals surface area contributed by atoms with Crippen molar-refractivity contribution in [2.45, 2.75) is 19.9 Å². The fourth-order valence-corrected chi connectivity index (χ4v) is 3.01. The summed E-state index contributed by atoms with van der Waals surface area (Å²) in [6, 6.07) is 15.3. The number of H-pyrrole nitrogens is 1. The average Bonchev–Trinajstić information content (AvgIpc) is 2.95. The molecule has 0 aliphatic rings. The van der Waals surface area contributed by atoms with E-state index in [1.807, 2.05) is 43.3 Å². The first-order valence-electron chi connectivity index (χ1n) is 8.59. The van der Waals surface area contributed by atoms with Crippen LogP contribution < -0.4 is 5.32 Å². The smallest absolute Gasteiger partial charge is 0.253 e. The van der Waals surface area contributed by atoms with E-state index in [1.165, 1.54) is 0 Å². The summed E-state index contributed by atoms with van der Waals surface area (Å²) < 4.78 is 0. The largest absolute Gasteiger partial charge is 0.358 e. The van der Waals surface area contributed by atoms with E-state index in [2.05, 4.69) is 10.3 Å². The molecule has 5 heteroatoms. The zero-order chi connectivity index (χ0) is 18.7. The van der Waals surface area contributed by atoms with E-state index in [1.54, 1.807) is 31.1 Å². The highest BCUT2D eigenvalue weighted by Gasteiger charge is 2.12. The topological polar surface area (TPSA) is 65.2 Å². The Bertz CT molecular complexity index is 940. The number of para-hydroxylation sites is 1. The van der Waals surface area contributed by atoms with Gasteiger partial charge in [0.05, 0.1) is 6.42 Å². The zero-order valence-corrected chi connectivity index (χ0v) is 15.3. The maximum Gasteiger partial charge on any atom is 0.253 e. The fourth-order valence-electron chi connectivity index (χ4n) is 3.01. The molecule has 2 amide bonds. The normalized spacial score (nSPS) is 10.7. The Balaban J connectivity index is 1.62. The minimum Gasteiger partial charge on any atom is -0.358 e. The van der Waals surface area contributed by atoms with Gasteiger partial charge in [-0.3, -0.25) is 9.59 Å². The number of carbonyl (C=O) groups is 2. The van der Waals surface area contributed by atoms with Gasteiger partial charge in [-0.2, -0.15) is 0 Å². The van der Waals surface area contributed by atoms with E-state index >= 15 is 0 Å². The molecule has 1 aromatic heterocycles. The summed E-state index contributed by atoms with van der Waals surface area (Å²) in [5.41, 5.74) is 4.70. The van der Waals surface area contributed by atoms with Crippen molar-refractivity contribution in [3.05, 3.63) is 70.9 Å². The molecule has 0 aliphatic heterocycles. The van der Waals surface area contributed by atoms with Gasteiger partial charge in [-0.25, -0.2) is 0 Å². The maximum atomic E-state index is 12.4. The van der Waals surface area contributed by atoms with E-state index in [4.69, 9.17) is 0 Å². The van der Waals surface area contributed by atoms with E-state index in [-0.39, 0.29) is 11.8 Å². The minimum atomic E-state index is -0.0320. The van der Waals surface area contributed by atoms with Crippen molar-refractivity contribution in [3.8, 4) is 0 Å². The summed E-state index contributed by atoms with van der Waals surface area (Å²) in [5, 5.41) is 4.04. The molecule has 3 rings (SSSR count). The first-order valence-corrected chi connectivity index (χ1v) is 8.59. The molecule has 5 nitrogen and oxygen atoms in total. The number of aryl methyl sites for hydroxylation is 1. The second kappa shape index (κ2) is 7.44. The van der Waals surface area contributed by atoms with Crippen molar-refractivity contribution in [3.63, 3.8) is 0 Å². The summed E-state index contributed by atoms with van der Waals surface area (Å²) in [7, 11) is 3.45. The molecule has 0 saturated carbocycles. The van der Waals surface area contributed by atoms with Crippen LogP contribution in [0.15, 0.2) is 48.5 Å². The van der Waals surface area contributed by atoms with Crippen LogP contribution in [0.4, 0.5) is 0 Å². The quantitative estimate of drug-likeness (QED) is 0.744. The molecular weight excluding hydrogens is 326 g/mol. The Labute approximate surface area is 153 Å². The van der Waals surface area contributed by atoms with Crippen LogP contribution >= 0.6 is 0 Å². The number of benzene rings is 2. The highest BCUT2D eigenvalue weighted by molar-refractivity contribution is 5.94. The Morgan fingerprint density at radius 1 is 1.04 bits per heavy atom. The van der Waals surface area contributed by atoms with Gasteiger partial charge in [0, 0.05) is 42.8 Å². The van der Waals surface area contributed by atoms with Gasteiger partial charge in [-0.05, 0) is 36.2 Å². The predicted molar refractivity (Wildman–Crippen MR) is 103 cm³/mol. The predicted octanol–water partition coefficient (Wildman–Crippen LogP) is 3.04. The second-order valence-electron chi connectivity index (χ2n) is 6.62. The maximum absolute atomic E-state index is 12.4. The van der Waals surface area contributed by atoms with Crippen molar-refractivity contribution < 1.29 is 9.59 Å². The number of hydrogen-bond acceptors (Lipinski definition) is 2. The van der Waals surface area contributed by atoms with Crippen LogP contribution in [0.5, 0.6) is 0 Å². The lowest BCUT2D eigenvalue weighted by Crippen LogP contribution is -2.25. The van der Waals surface area contributed by atoms with Crippen LogP contribution in [0.1, 0.15) is 27.2 Å². The SMILES string of the molecule is Cc1[nH]c2ccccc2c1CC(=O)NCc1ccc(C(=O)N(C)C)cc1. The van der Waals surface area contributed by atoms with Gasteiger partial charge in [0.1, 0.15) is 0 Å². The Kier molecular flexibility index (Phi) is 5.07. The minimum absolute atomic E-state index is 0.0219. The fraction of sp³-hybridized carbons (Fsp3) is 0.238. The average molecular weight is 349 g/mol. The first-order chi connectivity index (χ1) is 12.5. The van der Waals surface area contributed by atoms with Gasteiger partial charge in [-0.15, -0.1) is 0 Å². The molecule has 26 heavy (non-hydrogen) atoms. The van der Waals surface area contributed by atoms with Gasteiger partial charge in [0.25, 0.3) is 5.91 Å². The summed E-state index contributed by atoms with van der Waals surface area (Å²) in [6.45, 7) is 2.43. The lowest BCUT2D eigenvalue weighted by atomic mass is 10.1. The van der Waals surface area contributed by atoms with Gasteiger partial charge in [0.2, 0.25) is 5.91 Å². The molecule has 0 bridgehead atoms. The molecule has 0 radical (unpaired) electrons. The van der Waals surface area contributed by atoms with E-state index < -0.39 is 0 Å². The van der Waals surface area contributed by atoms with Crippen LogP contribution in [0.3, 0.4) is 0 Å². The summed E-state index contributed by atoms with van der Waals surface area (Å²) in [5.74, 6) is -0.0540. The Hall–Kier alpha value is -3.08. The van der Waals surface area contributed by atoms with Crippen LogP contribution in [-0.2, 0) is 17.8 Å². The van der Waals surface area contributed by atoms with Gasteiger partial charge in [-0.1, -0.05) is 30.3 Å². The molecule has 0 atom stereocenters. The number of aromatic amines is 1. The number of nitrogens with zero attached hydrogens (tertiary/aromatic N) is 1. The van der Waals surface area contributed by atoms with E-state index in [9.17, 15) is 9.59 Å². The van der Waals surface area contributed by atoms with Crippen LogP contribution in [0, 0.1) is 6.92 Å². The van der Waals surface area contributed by atoms with Crippen molar-refractivity contribution in [2.75, 3.05) is 14.1 Å². The molecular formula is C21H23N3O2.